The zero-order chi connectivity index (χ0) is 17.3. The van der Waals surface area contributed by atoms with Gasteiger partial charge in [-0.05, 0) is 25.0 Å². The van der Waals surface area contributed by atoms with E-state index in [0.29, 0.717) is 24.9 Å². The molecule has 0 radical (unpaired) electrons. The second-order valence-corrected chi connectivity index (χ2v) is 8.62. The molecule has 1 saturated heterocycles. The van der Waals surface area contributed by atoms with Crippen molar-refractivity contribution in [3.63, 3.8) is 0 Å². The Morgan fingerprint density at radius 3 is 2.88 bits per heavy atom. The van der Waals surface area contributed by atoms with Crippen molar-refractivity contribution in [3.8, 4) is 0 Å². The Kier molecular flexibility index (Phi) is 4.94. The van der Waals surface area contributed by atoms with Gasteiger partial charge in [-0.2, -0.15) is 9.67 Å². The van der Waals surface area contributed by atoms with Crippen LogP contribution in [0, 0.1) is 5.41 Å². The molecule has 1 fully saturated rings. The van der Waals surface area contributed by atoms with Gasteiger partial charge >= 0.3 is 0 Å². The molecular weight excluding hydrogens is 348 g/mol. The first kappa shape index (κ1) is 17.4. The maximum Gasteiger partial charge on any atom is 0.255 e. The predicted octanol–water partition coefficient (Wildman–Crippen LogP) is 4.14. The largest absolute Gasteiger partial charge is 0.370 e. The van der Waals surface area contributed by atoms with Gasteiger partial charge in [0, 0.05) is 16.9 Å². The van der Waals surface area contributed by atoms with E-state index in [9.17, 15) is 4.79 Å². The third kappa shape index (κ3) is 3.79. The lowest BCUT2D eigenvalue weighted by Gasteiger charge is -2.17. The first-order chi connectivity index (χ1) is 11.3. The van der Waals surface area contributed by atoms with Crippen LogP contribution in [0.15, 0.2) is 12.1 Å². The number of halogens is 1. The quantitative estimate of drug-likeness (QED) is 0.878. The van der Waals surface area contributed by atoms with Crippen LogP contribution >= 0.6 is 22.9 Å². The molecule has 2 aromatic heterocycles. The molecule has 0 amide bonds. The molecule has 2 aromatic rings. The maximum absolute atomic E-state index is 12.7. The highest BCUT2D eigenvalue weighted by Gasteiger charge is 2.30. The number of anilines is 1. The van der Waals surface area contributed by atoms with Crippen molar-refractivity contribution < 1.29 is 9.53 Å². The molecule has 8 heteroatoms. The number of nitrogens with zero attached hydrogens (tertiary/aromatic N) is 3. The number of rotatable bonds is 4. The number of carbonyl (C=O) groups is 1. The molecule has 6 nitrogen and oxygen atoms in total. The summed E-state index contributed by atoms with van der Waals surface area (Å²) >= 11 is 7.46. The van der Waals surface area contributed by atoms with Crippen LogP contribution in [0.1, 0.15) is 55.2 Å². The van der Waals surface area contributed by atoms with E-state index in [-0.39, 0.29) is 12.0 Å². The number of hydrogen-bond acceptors (Lipinski definition) is 6. The number of carbonyl (C=O) groups excluding carboxylic acids is 1. The number of nitrogens with one attached hydrogen (secondary N) is 1. The molecule has 1 aliphatic heterocycles. The van der Waals surface area contributed by atoms with Crippen LogP contribution in [0.3, 0.4) is 0 Å². The van der Waals surface area contributed by atoms with Crippen LogP contribution in [0.5, 0.6) is 0 Å². The second kappa shape index (κ2) is 6.82. The number of thiophene rings is 1. The molecule has 3 rings (SSSR count). The van der Waals surface area contributed by atoms with E-state index in [1.165, 1.54) is 16.0 Å². The summed E-state index contributed by atoms with van der Waals surface area (Å²) in [4.78, 5) is 18.3. The van der Waals surface area contributed by atoms with Crippen LogP contribution in [-0.2, 0) is 11.3 Å². The Hall–Kier alpha value is -1.44. The average Bonchev–Trinajstić information content (AvgIpc) is 3.23. The summed E-state index contributed by atoms with van der Waals surface area (Å²) in [5.41, 5.74) is -0.551. The van der Waals surface area contributed by atoms with Gasteiger partial charge in [0.15, 0.2) is 5.82 Å². The summed E-state index contributed by atoms with van der Waals surface area (Å²) in [5, 5.41) is 7.63. The van der Waals surface area contributed by atoms with Crippen molar-refractivity contribution in [2.45, 2.75) is 46.3 Å². The van der Waals surface area contributed by atoms with E-state index in [0.717, 1.165) is 22.1 Å². The molecule has 0 saturated carbocycles. The van der Waals surface area contributed by atoms with Crippen molar-refractivity contribution in [1.29, 1.82) is 0 Å². The highest BCUT2D eigenvalue weighted by Crippen LogP contribution is 2.29. The lowest BCUT2D eigenvalue weighted by molar-refractivity contribution is 0.0745. The van der Waals surface area contributed by atoms with Crippen LogP contribution in [0.25, 0.3) is 0 Å². The van der Waals surface area contributed by atoms with Crippen molar-refractivity contribution in [3.05, 3.63) is 27.2 Å². The van der Waals surface area contributed by atoms with Gasteiger partial charge in [-0.25, -0.2) is 0 Å². The van der Waals surface area contributed by atoms with Crippen molar-refractivity contribution in [2.75, 3.05) is 11.9 Å². The minimum absolute atomic E-state index is 0.106. The first-order valence-electron chi connectivity index (χ1n) is 7.96. The standard InChI is InChI=1S/C16H21ClN4O2S/c1-16(2,3)14(22)21-15(18-9-10-6-7-12(17)24-10)19-13(20-21)11-5-4-8-23-11/h6-7,11H,4-5,8-9H2,1-3H3,(H,18,19,20). The van der Waals surface area contributed by atoms with Gasteiger partial charge in [0.2, 0.25) is 5.95 Å². The number of hydrogen-bond donors (Lipinski definition) is 1. The first-order valence-corrected chi connectivity index (χ1v) is 9.15. The van der Waals surface area contributed by atoms with Gasteiger partial charge in [0.05, 0.1) is 10.9 Å². The van der Waals surface area contributed by atoms with E-state index in [4.69, 9.17) is 16.3 Å². The van der Waals surface area contributed by atoms with E-state index in [1.54, 1.807) is 0 Å². The summed E-state index contributed by atoms with van der Waals surface area (Å²) in [7, 11) is 0. The Labute approximate surface area is 150 Å². The zero-order valence-electron chi connectivity index (χ0n) is 14.0. The highest BCUT2D eigenvalue weighted by atomic mass is 35.5. The molecule has 130 valence electrons. The molecule has 1 N–H and O–H groups in total. The van der Waals surface area contributed by atoms with Gasteiger partial charge < -0.3 is 10.1 Å². The Morgan fingerprint density at radius 2 is 2.29 bits per heavy atom. The molecule has 0 aliphatic carbocycles. The molecule has 0 spiro atoms. The SMILES string of the molecule is CC(C)(C)C(=O)n1nc(C2CCCO2)nc1NCc1ccc(Cl)s1. The number of aromatic nitrogens is 3. The molecule has 1 aliphatic rings. The van der Waals surface area contributed by atoms with E-state index >= 15 is 0 Å². The third-order valence-corrected chi connectivity index (χ3v) is 4.96. The van der Waals surface area contributed by atoms with Crippen LogP contribution < -0.4 is 5.32 Å². The van der Waals surface area contributed by atoms with E-state index < -0.39 is 5.41 Å². The fraction of sp³-hybridized carbons (Fsp3) is 0.562. The van der Waals surface area contributed by atoms with Crippen LogP contribution in [-0.4, -0.2) is 27.3 Å². The Bertz CT molecular complexity index is 729. The van der Waals surface area contributed by atoms with Gasteiger partial charge in [-0.15, -0.1) is 16.4 Å². The molecule has 1 unspecified atom stereocenters. The average molecular weight is 369 g/mol. The minimum atomic E-state index is -0.551. The third-order valence-electron chi connectivity index (χ3n) is 3.72. The summed E-state index contributed by atoms with van der Waals surface area (Å²) in [5.74, 6) is 0.910. The molecule has 1 atom stereocenters. The highest BCUT2D eigenvalue weighted by molar-refractivity contribution is 7.16. The van der Waals surface area contributed by atoms with Crippen LogP contribution in [0.2, 0.25) is 4.34 Å². The smallest absolute Gasteiger partial charge is 0.255 e. The van der Waals surface area contributed by atoms with Crippen molar-refractivity contribution in [2.24, 2.45) is 5.41 Å². The van der Waals surface area contributed by atoms with Crippen LogP contribution in [0.4, 0.5) is 5.95 Å². The molecule has 0 aromatic carbocycles. The van der Waals surface area contributed by atoms with Crippen molar-refractivity contribution >= 4 is 34.8 Å². The predicted molar refractivity (Wildman–Crippen MR) is 94.7 cm³/mol. The van der Waals surface area contributed by atoms with Gasteiger partial charge in [0.1, 0.15) is 6.10 Å². The molecule has 24 heavy (non-hydrogen) atoms. The van der Waals surface area contributed by atoms with Gasteiger partial charge in [-0.3, -0.25) is 4.79 Å². The summed E-state index contributed by atoms with van der Waals surface area (Å²) < 4.78 is 7.75. The fourth-order valence-electron chi connectivity index (χ4n) is 2.43. The topological polar surface area (TPSA) is 69.0 Å². The monoisotopic (exact) mass is 368 g/mol. The lowest BCUT2D eigenvalue weighted by atomic mass is 9.96. The normalized spacial score (nSPS) is 18.1. The van der Waals surface area contributed by atoms with Gasteiger partial charge in [-0.1, -0.05) is 32.4 Å². The second-order valence-electron chi connectivity index (χ2n) is 6.82. The Balaban J connectivity index is 1.85. The number of ether oxygens (including phenoxy) is 1. The van der Waals surface area contributed by atoms with Crippen molar-refractivity contribution in [1.82, 2.24) is 14.8 Å². The maximum atomic E-state index is 12.7. The molecular formula is C16H21ClN4O2S. The van der Waals surface area contributed by atoms with Gasteiger partial charge in [0.25, 0.3) is 5.91 Å². The fourth-order valence-corrected chi connectivity index (χ4v) is 3.46. The zero-order valence-corrected chi connectivity index (χ0v) is 15.6. The minimum Gasteiger partial charge on any atom is -0.370 e. The summed E-state index contributed by atoms with van der Waals surface area (Å²) in [6.07, 6.45) is 1.74. The van der Waals surface area contributed by atoms with E-state index in [1.807, 2.05) is 32.9 Å². The summed E-state index contributed by atoms with van der Waals surface area (Å²) in [6.45, 7) is 6.85. The lowest BCUT2D eigenvalue weighted by Crippen LogP contribution is -2.29. The molecule has 0 bridgehead atoms. The van der Waals surface area contributed by atoms with E-state index in [2.05, 4.69) is 15.4 Å². The summed E-state index contributed by atoms with van der Waals surface area (Å²) in [6, 6.07) is 3.80. The molecule has 3 heterocycles. The Morgan fingerprint density at radius 1 is 1.50 bits per heavy atom.